The lowest BCUT2D eigenvalue weighted by molar-refractivity contribution is -0.133. The number of hydrogen-bond acceptors (Lipinski definition) is 7. The summed E-state index contributed by atoms with van der Waals surface area (Å²) in [6.45, 7) is 4.09. The van der Waals surface area contributed by atoms with E-state index in [1.165, 1.54) is 5.56 Å². The normalized spacial score (nSPS) is 14.9. The van der Waals surface area contributed by atoms with Gasteiger partial charge in [0, 0.05) is 75.9 Å². The van der Waals surface area contributed by atoms with Crippen LogP contribution in [0.5, 0.6) is 0 Å². The molecule has 0 saturated carbocycles. The zero-order chi connectivity index (χ0) is 19.2. The third-order valence-corrected chi connectivity index (χ3v) is 4.81. The Hall–Kier alpha value is -3.13. The van der Waals surface area contributed by atoms with Gasteiger partial charge in [-0.1, -0.05) is 11.2 Å². The van der Waals surface area contributed by atoms with Crippen LogP contribution >= 0.6 is 0 Å². The molecule has 0 aromatic carbocycles. The standard InChI is InChI=1S/C20H22N6O2/c27-19(4-3-18-23-20(24-28-18)17-5-8-21-9-6-17)26-12-10-25(11-13-26)15-16-2-1-7-22-14-16/h1-2,5-9,14H,3-4,10-13,15H2. The quantitative estimate of drug-likeness (QED) is 0.646. The molecule has 0 aliphatic carbocycles. The van der Waals surface area contributed by atoms with Crippen LogP contribution in [0.25, 0.3) is 11.4 Å². The fraction of sp³-hybridized carbons (Fsp3) is 0.350. The number of hydrogen-bond donors (Lipinski definition) is 0. The zero-order valence-electron chi connectivity index (χ0n) is 15.6. The van der Waals surface area contributed by atoms with Gasteiger partial charge in [-0.2, -0.15) is 4.98 Å². The summed E-state index contributed by atoms with van der Waals surface area (Å²) in [6.07, 6.45) is 7.87. The summed E-state index contributed by atoms with van der Waals surface area (Å²) in [5, 5.41) is 3.98. The SMILES string of the molecule is O=C(CCc1nc(-c2ccncc2)no1)N1CCN(Cc2cccnc2)CC1. The summed E-state index contributed by atoms with van der Waals surface area (Å²) in [7, 11) is 0. The van der Waals surface area contributed by atoms with Gasteiger partial charge in [-0.25, -0.2) is 0 Å². The van der Waals surface area contributed by atoms with E-state index in [1.807, 2.05) is 29.3 Å². The van der Waals surface area contributed by atoms with Crippen LogP contribution in [0.3, 0.4) is 0 Å². The van der Waals surface area contributed by atoms with Crippen molar-refractivity contribution in [2.75, 3.05) is 26.2 Å². The Bertz CT molecular complexity index is 891. The summed E-state index contributed by atoms with van der Waals surface area (Å²) in [6, 6.07) is 7.68. The van der Waals surface area contributed by atoms with E-state index in [1.54, 1.807) is 18.6 Å². The van der Waals surface area contributed by atoms with E-state index in [2.05, 4.69) is 31.1 Å². The molecule has 1 aliphatic heterocycles. The lowest BCUT2D eigenvalue weighted by Gasteiger charge is -2.34. The Labute approximate surface area is 163 Å². The topological polar surface area (TPSA) is 88.2 Å². The molecule has 1 amide bonds. The van der Waals surface area contributed by atoms with Crippen LogP contribution in [0.4, 0.5) is 0 Å². The molecule has 28 heavy (non-hydrogen) atoms. The van der Waals surface area contributed by atoms with E-state index < -0.39 is 0 Å². The largest absolute Gasteiger partial charge is 0.340 e. The van der Waals surface area contributed by atoms with Gasteiger partial charge in [0.25, 0.3) is 0 Å². The molecule has 3 aromatic rings. The fourth-order valence-corrected chi connectivity index (χ4v) is 3.25. The summed E-state index contributed by atoms with van der Waals surface area (Å²) in [4.78, 5) is 29.3. The average molecular weight is 378 g/mol. The molecule has 1 aliphatic rings. The van der Waals surface area contributed by atoms with Crippen LogP contribution < -0.4 is 0 Å². The maximum absolute atomic E-state index is 12.5. The van der Waals surface area contributed by atoms with Gasteiger partial charge in [-0.3, -0.25) is 19.7 Å². The molecule has 1 saturated heterocycles. The van der Waals surface area contributed by atoms with Crippen molar-refractivity contribution in [2.24, 2.45) is 0 Å². The van der Waals surface area contributed by atoms with Crippen LogP contribution in [0.2, 0.25) is 0 Å². The lowest BCUT2D eigenvalue weighted by atomic mass is 10.2. The van der Waals surface area contributed by atoms with E-state index in [0.717, 1.165) is 38.3 Å². The Morgan fingerprint density at radius 3 is 2.61 bits per heavy atom. The molecule has 3 aromatic heterocycles. The number of nitrogens with zero attached hydrogens (tertiary/aromatic N) is 6. The summed E-state index contributed by atoms with van der Waals surface area (Å²) >= 11 is 0. The van der Waals surface area contributed by atoms with Gasteiger partial charge in [-0.05, 0) is 23.8 Å². The van der Waals surface area contributed by atoms with E-state index in [4.69, 9.17) is 4.52 Å². The summed E-state index contributed by atoms with van der Waals surface area (Å²) in [5.74, 6) is 1.13. The van der Waals surface area contributed by atoms with E-state index in [-0.39, 0.29) is 5.91 Å². The molecule has 0 N–H and O–H groups in total. The van der Waals surface area contributed by atoms with Crippen LogP contribution in [0.1, 0.15) is 17.9 Å². The Kier molecular flexibility index (Phi) is 5.67. The number of carbonyl (C=O) groups excluding carboxylic acids is 1. The van der Waals surface area contributed by atoms with Crippen molar-refractivity contribution in [1.29, 1.82) is 0 Å². The maximum Gasteiger partial charge on any atom is 0.227 e. The van der Waals surface area contributed by atoms with Crippen molar-refractivity contribution >= 4 is 5.91 Å². The molecule has 8 heteroatoms. The van der Waals surface area contributed by atoms with Crippen molar-refractivity contribution in [3.05, 3.63) is 60.5 Å². The van der Waals surface area contributed by atoms with Crippen LogP contribution in [-0.2, 0) is 17.8 Å². The van der Waals surface area contributed by atoms with Crippen molar-refractivity contribution < 1.29 is 9.32 Å². The van der Waals surface area contributed by atoms with Crippen molar-refractivity contribution in [3.63, 3.8) is 0 Å². The van der Waals surface area contributed by atoms with Crippen LogP contribution in [0, 0.1) is 0 Å². The number of amides is 1. The van der Waals surface area contributed by atoms with Gasteiger partial charge in [0.15, 0.2) is 0 Å². The molecule has 0 bridgehead atoms. The van der Waals surface area contributed by atoms with E-state index in [9.17, 15) is 4.79 Å². The highest BCUT2D eigenvalue weighted by Gasteiger charge is 2.21. The van der Waals surface area contributed by atoms with Gasteiger partial charge in [0.1, 0.15) is 0 Å². The number of pyridine rings is 2. The highest BCUT2D eigenvalue weighted by Crippen LogP contribution is 2.15. The van der Waals surface area contributed by atoms with Gasteiger partial charge < -0.3 is 9.42 Å². The molecule has 144 valence electrons. The molecule has 1 fully saturated rings. The molecule has 0 radical (unpaired) electrons. The minimum Gasteiger partial charge on any atom is -0.340 e. The first-order chi connectivity index (χ1) is 13.8. The monoisotopic (exact) mass is 378 g/mol. The molecular weight excluding hydrogens is 356 g/mol. The Balaban J connectivity index is 1.23. The molecule has 8 nitrogen and oxygen atoms in total. The second kappa shape index (κ2) is 8.71. The number of aryl methyl sites for hydroxylation is 1. The van der Waals surface area contributed by atoms with Crippen molar-refractivity contribution in [3.8, 4) is 11.4 Å². The third-order valence-electron chi connectivity index (χ3n) is 4.81. The van der Waals surface area contributed by atoms with Crippen molar-refractivity contribution in [1.82, 2.24) is 29.9 Å². The summed E-state index contributed by atoms with van der Waals surface area (Å²) < 4.78 is 5.27. The first kappa shape index (κ1) is 18.2. The number of piperazine rings is 1. The molecule has 4 heterocycles. The third kappa shape index (κ3) is 4.58. The Morgan fingerprint density at radius 2 is 1.86 bits per heavy atom. The molecule has 0 spiro atoms. The smallest absolute Gasteiger partial charge is 0.227 e. The summed E-state index contributed by atoms with van der Waals surface area (Å²) in [5.41, 5.74) is 2.05. The average Bonchev–Trinajstić information content (AvgIpc) is 3.23. The van der Waals surface area contributed by atoms with Gasteiger partial charge in [-0.15, -0.1) is 0 Å². The van der Waals surface area contributed by atoms with E-state index >= 15 is 0 Å². The predicted molar refractivity (Wildman–Crippen MR) is 102 cm³/mol. The molecule has 4 rings (SSSR count). The van der Waals surface area contributed by atoms with Gasteiger partial charge in [0.2, 0.25) is 17.6 Å². The minimum absolute atomic E-state index is 0.129. The second-order valence-corrected chi connectivity index (χ2v) is 6.77. The van der Waals surface area contributed by atoms with Crippen LogP contribution in [-0.4, -0.2) is 62.0 Å². The second-order valence-electron chi connectivity index (χ2n) is 6.77. The first-order valence-corrected chi connectivity index (χ1v) is 9.40. The maximum atomic E-state index is 12.5. The van der Waals surface area contributed by atoms with Gasteiger partial charge in [0.05, 0.1) is 0 Å². The first-order valence-electron chi connectivity index (χ1n) is 9.40. The zero-order valence-corrected chi connectivity index (χ0v) is 15.6. The van der Waals surface area contributed by atoms with Crippen molar-refractivity contribution in [2.45, 2.75) is 19.4 Å². The van der Waals surface area contributed by atoms with Crippen LogP contribution in [0.15, 0.2) is 53.6 Å². The molecular formula is C20H22N6O2. The molecule has 0 atom stereocenters. The predicted octanol–water partition coefficient (Wildman–Crippen LogP) is 1.80. The van der Waals surface area contributed by atoms with E-state index in [0.29, 0.717) is 24.6 Å². The fourth-order valence-electron chi connectivity index (χ4n) is 3.25. The highest BCUT2D eigenvalue weighted by atomic mass is 16.5. The lowest BCUT2D eigenvalue weighted by Crippen LogP contribution is -2.48. The van der Waals surface area contributed by atoms with Gasteiger partial charge >= 0.3 is 0 Å². The highest BCUT2D eigenvalue weighted by molar-refractivity contribution is 5.76. The number of rotatable bonds is 6. The number of carbonyl (C=O) groups is 1. The number of aromatic nitrogens is 4. The Morgan fingerprint density at radius 1 is 1.04 bits per heavy atom. The molecule has 0 unspecified atom stereocenters. The minimum atomic E-state index is 0.129.